The van der Waals surface area contributed by atoms with Crippen LogP contribution in [0.15, 0.2) is 52.0 Å². The number of methoxy groups -OCH3 is 1. The molecule has 1 saturated heterocycles. The Labute approximate surface area is 162 Å². The van der Waals surface area contributed by atoms with Gasteiger partial charge >= 0.3 is 5.91 Å². The summed E-state index contributed by atoms with van der Waals surface area (Å²) < 4.78 is 37.0. The SMILES string of the molecule is COc1ccc(S(=O)(=O)N2CCC[C@@H](C(=O)NNC(=O)c3ccco3)C2)cc1. The van der Waals surface area contributed by atoms with Crippen LogP contribution in [0, 0.1) is 5.92 Å². The lowest BCUT2D eigenvalue weighted by Gasteiger charge is -2.31. The summed E-state index contributed by atoms with van der Waals surface area (Å²) in [5.74, 6) is -0.986. The molecule has 2 amide bonds. The summed E-state index contributed by atoms with van der Waals surface area (Å²) in [5, 5.41) is 0. The molecule has 2 heterocycles. The number of sulfonamides is 1. The first-order valence-electron chi connectivity index (χ1n) is 8.69. The van der Waals surface area contributed by atoms with E-state index in [2.05, 4.69) is 10.9 Å². The highest BCUT2D eigenvalue weighted by Crippen LogP contribution is 2.25. The minimum absolute atomic E-state index is 0.0385. The van der Waals surface area contributed by atoms with E-state index in [0.29, 0.717) is 25.1 Å². The first-order valence-corrected chi connectivity index (χ1v) is 10.1. The number of hydrogen-bond donors (Lipinski definition) is 2. The van der Waals surface area contributed by atoms with Gasteiger partial charge in [-0.1, -0.05) is 0 Å². The van der Waals surface area contributed by atoms with Crippen LogP contribution in [0.2, 0.25) is 0 Å². The van der Waals surface area contributed by atoms with Crippen LogP contribution >= 0.6 is 0 Å². The molecule has 0 radical (unpaired) electrons. The smallest absolute Gasteiger partial charge is 0.305 e. The van der Waals surface area contributed by atoms with Crippen molar-refractivity contribution in [3.8, 4) is 5.75 Å². The first kappa shape index (κ1) is 19.9. The fraction of sp³-hybridized carbons (Fsp3) is 0.333. The second-order valence-corrected chi connectivity index (χ2v) is 8.24. The van der Waals surface area contributed by atoms with Gasteiger partial charge in [-0.25, -0.2) is 8.42 Å². The lowest BCUT2D eigenvalue weighted by molar-refractivity contribution is -0.126. The van der Waals surface area contributed by atoms with E-state index in [1.54, 1.807) is 18.2 Å². The van der Waals surface area contributed by atoms with Crippen molar-refractivity contribution in [3.63, 3.8) is 0 Å². The second-order valence-electron chi connectivity index (χ2n) is 6.30. The Bertz CT molecular complexity index is 925. The topological polar surface area (TPSA) is 118 Å². The molecule has 1 aromatic carbocycles. The molecule has 9 nitrogen and oxygen atoms in total. The van der Waals surface area contributed by atoms with Crippen LogP contribution in [0.1, 0.15) is 23.4 Å². The third-order valence-corrected chi connectivity index (χ3v) is 6.38. The van der Waals surface area contributed by atoms with Crippen LogP contribution in [0.4, 0.5) is 0 Å². The summed E-state index contributed by atoms with van der Waals surface area (Å²) >= 11 is 0. The summed E-state index contributed by atoms with van der Waals surface area (Å²) in [7, 11) is -2.22. The van der Waals surface area contributed by atoms with E-state index in [1.165, 1.54) is 35.9 Å². The molecule has 1 aliphatic heterocycles. The van der Waals surface area contributed by atoms with E-state index in [0.717, 1.165) is 0 Å². The van der Waals surface area contributed by atoms with Crippen molar-refractivity contribution in [2.24, 2.45) is 5.92 Å². The van der Waals surface area contributed by atoms with Gasteiger partial charge in [0.05, 0.1) is 24.2 Å². The Morgan fingerprint density at radius 3 is 2.57 bits per heavy atom. The van der Waals surface area contributed by atoms with Crippen molar-refractivity contribution < 1.29 is 27.2 Å². The fourth-order valence-electron chi connectivity index (χ4n) is 2.96. The quantitative estimate of drug-likeness (QED) is 0.718. The van der Waals surface area contributed by atoms with Crippen LogP contribution in [0.25, 0.3) is 0 Å². The lowest BCUT2D eigenvalue weighted by Crippen LogP contribution is -2.49. The number of nitrogens with zero attached hydrogens (tertiary/aromatic N) is 1. The van der Waals surface area contributed by atoms with Gasteiger partial charge in [0.25, 0.3) is 0 Å². The zero-order chi connectivity index (χ0) is 20.1. The Balaban J connectivity index is 1.62. The molecule has 150 valence electrons. The molecule has 0 saturated carbocycles. The zero-order valence-corrected chi connectivity index (χ0v) is 16.1. The highest BCUT2D eigenvalue weighted by Gasteiger charge is 2.33. The van der Waals surface area contributed by atoms with Crippen molar-refractivity contribution in [1.29, 1.82) is 0 Å². The van der Waals surface area contributed by atoms with Crippen LogP contribution in [0.3, 0.4) is 0 Å². The van der Waals surface area contributed by atoms with Crippen LogP contribution in [-0.4, -0.2) is 44.7 Å². The molecule has 0 aliphatic carbocycles. The van der Waals surface area contributed by atoms with Gasteiger partial charge in [0.1, 0.15) is 5.75 Å². The maximum absolute atomic E-state index is 12.8. The molecule has 3 rings (SSSR count). The number of furan rings is 1. The Kier molecular flexibility index (Phi) is 6.00. The number of nitrogens with one attached hydrogen (secondary N) is 2. The minimum atomic E-state index is -3.72. The lowest BCUT2D eigenvalue weighted by atomic mass is 9.99. The maximum Gasteiger partial charge on any atom is 0.305 e. The van der Waals surface area contributed by atoms with Crippen LogP contribution in [-0.2, 0) is 14.8 Å². The summed E-state index contributed by atoms with van der Waals surface area (Å²) in [5.41, 5.74) is 4.60. The number of carbonyl (C=O) groups excluding carboxylic acids is 2. The number of carbonyl (C=O) groups is 2. The first-order chi connectivity index (χ1) is 13.4. The molecule has 1 atom stereocenters. The summed E-state index contributed by atoms with van der Waals surface area (Å²) in [6.07, 6.45) is 2.41. The number of piperidine rings is 1. The summed E-state index contributed by atoms with van der Waals surface area (Å²) in [6, 6.07) is 9.12. The molecule has 1 aliphatic rings. The predicted molar refractivity (Wildman–Crippen MR) is 98.8 cm³/mol. The molecule has 10 heteroatoms. The van der Waals surface area contributed by atoms with Gasteiger partial charge in [-0.05, 0) is 49.2 Å². The van der Waals surface area contributed by atoms with Crippen LogP contribution < -0.4 is 15.6 Å². The van der Waals surface area contributed by atoms with Crippen molar-refractivity contribution in [1.82, 2.24) is 15.2 Å². The van der Waals surface area contributed by atoms with Crippen molar-refractivity contribution in [2.75, 3.05) is 20.2 Å². The van der Waals surface area contributed by atoms with E-state index in [4.69, 9.17) is 9.15 Å². The van der Waals surface area contributed by atoms with Crippen molar-refractivity contribution in [2.45, 2.75) is 17.7 Å². The molecular weight excluding hydrogens is 386 g/mol. The van der Waals surface area contributed by atoms with E-state index < -0.39 is 27.8 Å². The number of hydrazine groups is 1. The molecule has 1 fully saturated rings. The molecule has 2 N–H and O–H groups in total. The molecular formula is C18H21N3O6S. The molecule has 1 aromatic heterocycles. The fourth-order valence-corrected chi connectivity index (χ4v) is 4.49. The van der Waals surface area contributed by atoms with Gasteiger partial charge in [-0.15, -0.1) is 0 Å². The van der Waals surface area contributed by atoms with Crippen molar-refractivity contribution in [3.05, 3.63) is 48.4 Å². The standard InChI is InChI=1S/C18H21N3O6S/c1-26-14-6-8-15(9-7-14)28(24,25)21-10-2-4-13(12-21)17(22)19-20-18(23)16-5-3-11-27-16/h3,5-9,11,13H,2,4,10,12H2,1H3,(H,19,22)(H,20,23)/t13-/m1/s1. The van der Waals surface area contributed by atoms with E-state index in [9.17, 15) is 18.0 Å². The van der Waals surface area contributed by atoms with E-state index in [1.807, 2.05) is 0 Å². The number of ether oxygens (including phenoxy) is 1. The monoisotopic (exact) mass is 407 g/mol. The highest BCUT2D eigenvalue weighted by molar-refractivity contribution is 7.89. The van der Waals surface area contributed by atoms with Gasteiger partial charge in [0, 0.05) is 13.1 Å². The summed E-state index contributed by atoms with van der Waals surface area (Å²) in [4.78, 5) is 24.3. The predicted octanol–water partition coefficient (Wildman–Crippen LogP) is 1.15. The van der Waals surface area contributed by atoms with E-state index in [-0.39, 0.29) is 17.2 Å². The molecule has 28 heavy (non-hydrogen) atoms. The zero-order valence-electron chi connectivity index (χ0n) is 15.3. The van der Waals surface area contributed by atoms with E-state index >= 15 is 0 Å². The highest BCUT2D eigenvalue weighted by atomic mass is 32.2. The Morgan fingerprint density at radius 1 is 1.18 bits per heavy atom. The summed E-state index contributed by atoms with van der Waals surface area (Å²) in [6.45, 7) is 0.369. The molecule has 0 bridgehead atoms. The average molecular weight is 407 g/mol. The van der Waals surface area contributed by atoms with Gasteiger partial charge < -0.3 is 9.15 Å². The Morgan fingerprint density at radius 2 is 1.93 bits per heavy atom. The second kappa shape index (κ2) is 8.44. The van der Waals surface area contributed by atoms with Crippen molar-refractivity contribution >= 4 is 21.8 Å². The van der Waals surface area contributed by atoms with Gasteiger partial charge in [-0.2, -0.15) is 4.31 Å². The van der Waals surface area contributed by atoms with Gasteiger partial charge in [-0.3, -0.25) is 20.4 Å². The minimum Gasteiger partial charge on any atom is -0.497 e. The van der Waals surface area contributed by atoms with Gasteiger partial charge in [0.2, 0.25) is 15.9 Å². The molecule has 0 spiro atoms. The number of benzene rings is 1. The largest absolute Gasteiger partial charge is 0.497 e. The molecule has 0 unspecified atom stereocenters. The Hall–Kier alpha value is -2.85. The number of hydrogen-bond acceptors (Lipinski definition) is 6. The molecule has 2 aromatic rings. The number of rotatable bonds is 5. The van der Waals surface area contributed by atoms with Gasteiger partial charge in [0.15, 0.2) is 5.76 Å². The van der Waals surface area contributed by atoms with Crippen LogP contribution in [0.5, 0.6) is 5.75 Å². The number of amides is 2. The normalized spacial score (nSPS) is 17.7. The average Bonchev–Trinajstić information content (AvgIpc) is 3.27. The third kappa shape index (κ3) is 4.34. The third-order valence-electron chi connectivity index (χ3n) is 4.50. The maximum atomic E-state index is 12.8.